The van der Waals surface area contributed by atoms with Gasteiger partial charge in [-0.3, -0.25) is 0 Å². The van der Waals surface area contributed by atoms with Crippen molar-refractivity contribution in [1.82, 2.24) is 0 Å². The molecule has 0 aliphatic heterocycles. The van der Waals surface area contributed by atoms with Crippen LogP contribution in [0, 0.1) is 13.8 Å². The third kappa shape index (κ3) is 5.31. The zero-order valence-corrected chi connectivity index (χ0v) is 18.1. The average molecular weight is 361 g/mol. The van der Waals surface area contributed by atoms with Gasteiger partial charge in [-0.1, -0.05) is 101 Å². The third-order valence-electron chi connectivity index (χ3n) is 5.31. The van der Waals surface area contributed by atoms with Gasteiger partial charge in [0.15, 0.2) is 0 Å². The van der Waals surface area contributed by atoms with Crippen molar-refractivity contribution in [2.75, 3.05) is 0 Å². The van der Waals surface area contributed by atoms with E-state index in [0.717, 1.165) is 6.42 Å². The van der Waals surface area contributed by atoms with E-state index in [1.54, 1.807) is 21.5 Å². The third-order valence-corrected chi connectivity index (χ3v) is 7.03. The van der Waals surface area contributed by atoms with E-state index in [1.807, 2.05) is 0 Å². The average Bonchev–Trinajstić information content (AvgIpc) is 2.96. The van der Waals surface area contributed by atoms with E-state index < -0.39 is 0 Å². The van der Waals surface area contributed by atoms with Crippen molar-refractivity contribution in [2.45, 2.75) is 59.3 Å². The predicted octanol–water partition coefficient (Wildman–Crippen LogP) is 5.50. The normalized spacial score (nSPS) is 14.5. The van der Waals surface area contributed by atoms with Gasteiger partial charge in [-0.05, 0) is 50.7 Å². The van der Waals surface area contributed by atoms with E-state index in [-0.39, 0.29) is 9.52 Å². The Bertz CT molecular complexity index is 776. The smallest absolute Gasteiger partial charge is 0.0783 e. The quantitative estimate of drug-likeness (QED) is 0.430. The van der Waals surface area contributed by atoms with Crippen LogP contribution >= 0.6 is 0 Å². The van der Waals surface area contributed by atoms with Crippen LogP contribution in [-0.2, 0) is 6.42 Å². The molecule has 3 rings (SSSR count). The molecule has 0 saturated carbocycles. The van der Waals surface area contributed by atoms with Crippen LogP contribution in [0.2, 0.25) is 0 Å². The van der Waals surface area contributed by atoms with Crippen molar-refractivity contribution < 1.29 is 0 Å². The Morgan fingerprint density at radius 2 is 1.65 bits per heavy atom. The van der Waals surface area contributed by atoms with Gasteiger partial charge in [0, 0.05) is 0 Å². The molecule has 2 aromatic rings. The lowest BCUT2D eigenvalue weighted by Gasteiger charge is -2.09. The molecule has 136 valence electrons. The molecule has 1 aliphatic carbocycles. The molecule has 0 heterocycles. The van der Waals surface area contributed by atoms with Crippen molar-refractivity contribution in [3.05, 3.63) is 87.6 Å². The van der Waals surface area contributed by atoms with Crippen LogP contribution in [0.25, 0.3) is 0 Å². The summed E-state index contributed by atoms with van der Waals surface area (Å²) in [6, 6.07) is 18.1. The second-order valence-corrected chi connectivity index (χ2v) is 9.98. The largest absolute Gasteiger partial charge is 0.0828 e. The summed E-state index contributed by atoms with van der Waals surface area (Å²) in [5.74, 6) is 0. The fourth-order valence-electron chi connectivity index (χ4n) is 4.16. The van der Waals surface area contributed by atoms with Crippen LogP contribution in [0.1, 0.15) is 55.7 Å². The van der Waals surface area contributed by atoms with Crippen molar-refractivity contribution >= 4 is 14.7 Å². The molecule has 26 heavy (non-hydrogen) atoms. The molecule has 0 N–H and O–H groups in total. The minimum atomic E-state index is -0.340. The number of allylic oxidation sites excluding steroid dienone is 4. The van der Waals surface area contributed by atoms with Gasteiger partial charge >= 0.3 is 0 Å². The first-order valence-electron chi connectivity index (χ1n) is 10.2. The summed E-state index contributed by atoms with van der Waals surface area (Å²) in [7, 11) is -0.340. The van der Waals surface area contributed by atoms with Gasteiger partial charge in [0.2, 0.25) is 0 Å². The molecule has 0 bridgehead atoms. The van der Waals surface area contributed by atoms with Crippen LogP contribution in [-0.4, -0.2) is 9.52 Å². The highest BCUT2D eigenvalue weighted by atomic mass is 28.2. The van der Waals surface area contributed by atoms with E-state index in [4.69, 9.17) is 0 Å². The minimum Gasteiger partial charge on any atom is -0.0783 e. The topological polar surface area (TPSA) is 0 Å². The Hall–Kier alpha value is -1.86. The molecule has 0 nitrogen and oxygen atoms in total. The lowest BCUT2D eigenvalue weighted by atomic mass is 9.98. The number of hydrogen-bond donors (Lipinski definition) is 0. The molecular formula is C25H32Si. The van der Waals surface area contributed by atoms with Crippen molar-refractivity contribution in [1.29, 1.82) is 0 Å². The first-order valence-corrected chi connectivity index (χ1v) is 11.6. The van der Waals surface area contributed by atoms with Crippen LogP contribution in [0.4, 0.5) is 0 Å². The molecule has 1 aliphatic rings. The molecule has 0 radical (unpaired) electrons. The summed E-state index contributed by atoms with van der Waals surface area (Å²) in [5, 5.41) is 3.33. The number of rotatable bonds is 8. The second kappa shape index (κ2) is 9.18. The van der Waals surface area contributed by atoms with Gasteiger partial charge in [0.1, 0.15) is 0 Å². The molecular weight excluding hydrogens is 328 g/mol. The van der Waals surface area contributed by atoms with Gasteiger partial charge in [0.25, 0.3) is 0 Å². The van der Waals surface area contributed by atoms with Gasteiger partial charge < -0.3 is 0 Å². The minimum absolute atomic E-state index is 0.340. The summed E-state index contributed by atoms with van der Waals surface area (Å²) in [4.78, 5) is 0. The van der Waals surface area contributed by atoms with E-state index in [2.05, 4.69) is 75.4 Å². The van der Waals surface area contributed by atoms with E-state index in [0.29, 0.717) is 0 Å². The Labute approximate surface area is 161 Å². The number of benzene rings is 2. The summed E-state index contributed by atoms with van der Waals surface area (Å²) in [6.45, 7) is 6.75. The maximum Gasteiger partial charge on any atom is 0.0828 e. The zero-order chi connectivity index (χ0) is 18.4. The highest BCUT2D eigenvalue weighted by Gasteiger charge is 2.17. The SMILES string of the molecule is CCCCCC1=C(Cc2ccccc2)C=C([SiH2]c2cc(C)cc(C)c2)C1. The molecule has 0 saturated heterocycles. The van der Waals surface area contributed by atoms with Crippen LogP contribution in [0.3, 0.4) is 0 Å². The highest BCUT2D eigenvalue weighted by Crippen LogP contribution is 2.31. The van der Waals surface area contributed by atoms with Gasteiger partial charge in [-0.25, -0.2) is 0 Å². The summed E-state index contributed by atoms with van der Waals surface area (Å²) in [6.07, 6.45) is 10.2. The highest BCUT2D eigenvalue weighted by molar-refractivity contribution is 6.61. The first-order chi connectivity index (χ1) is 12.6. The van der Waals surface area contributed by atoms with Crippen molar-refractivity contribution in [2.24, 2.45) is 0 Å². The van der Waals surface area contributed by atoms with E-state index in [1.165, 1.54) is 48.8 Å². The lowest BCUT2D eigenvalue weighted by Crippen LogP contribution is -2.17. The summed E-state index contributed by atoms with van der Waals surface area (Å²) < 4.78 is 0. The molecule has 0 atom stereocenters. The monoisotopic (exact) mass is 360 g/mol. The Kier molecular flexibility index (Phi) is 6.68. The first kappa shape index (κ1) is 18.9. The Balaban J connectivity index is 1.75. The zero-order valence-electron chi connectivity index (χ0n) is 16.6. The fraction of sp³-hybridized carbons (Fsp3) is 0.360. The van der Waals surface area contributed by atoms with Gasteiger partial charge in [0.05, 0.1) is 9.52 Å². The maximum atomic E-state index is 2.57. The summed E-state index contributed by atoms with van der Waals surface area (Å²) in [5.41, 5.74) is 7.59. The number of unbranched alkanes of at least 4 members (excludes halogenated alkanes) is 2. The van der Waals surface area contributed by atoms with Crippen LogP contribution < -0.4 is 5.19 Å². The Morgan fingerprint density at radius 1 is 0.923 bits per heavy atom. The number of aryl methyl sites for hydroxylation is 2. The van der Waals surface area contributed by atoms with Crippen LogP contribution in [0.15, 0.2) is 70.9 Å². The molecule has 2 aromatic carbocycles. The molecule has 0 spiro atoms. The van der Waals surface area contributed by atoms with E-state index >= 15 is 0 Å². The van der Waals surface area contributed by atoms with Gasteiger partial charge in [-0.2, -0.15) is 0 Å². The Morgan fingerprint density at radius 3 is 2.35 bits per heavy atom. The molecule has 0 fully saturated rings. The standard InChI is InChI=1S/C25H32Si/c1-4-5-7-12-22-17-25(26-24-14-19(2)13-20(3)15-24)18-23(22)16-21-10-8-6-9-11-21/h6,8-11,13-15,18H,4-5,7,12,16-17,26H2,1-3H3. The molecule has 0 amide bonds. The van der Waals surface area contributed by atoms with Crippen LogP contribution in [0.5, 0.6) is 0 Å². The predicted molar refractivity (Wildman–Crippen MR) is 118 cm³/mol. The fourth-order valence-corrected chi connectivity index (χ4v) is 6.31. The number of hydrogen-bond acceptors (Lipinski definition) is 0. The van der Waals surface area contributed by atoms with Crippen molar-refractivity contribution in [3.8, 4) is 0 Å². The van der Waals surface area contributed by atoms with Crippen molar-refractivity contribution in [3.63, 3.8) is 0 Å². The molecule has 0 aromatic heterocycles. The second-order valence-electron chi connectivity index (χ2n) is 7.90. The van der Waals surface area contributed by atoms with E-state index in [9.17, 15) is 0 Å². The lowest BCUT2D eigenvalue weighted by molar-refractivity contribution is 0.705. The molecule has 0 unspecified atom stereocenters. The maximum absolute atomic E-state index is 2.57. The molecule has 1 heteroatoms. The van der Waals surface area contributed by atoms with Gasteiger partial charge in [-0.15, -0.1) is 0 Å². The summed E-state index contributed by atoms with van der Waals surface area (Å²) >= 11 is 0.